The molecule has 0 radical (unpaired) electrons. The number of aliphatic hydroxyl groups is 1. The van der Waals surface area contributed by atoms with Crippen molar-refractivity contribution in [3.63, 3.8) is 0 Å². The Morgan fingerprint density at radius 2 is 1.64 bits per heavy atom. The van der Waals surface area contributed by atoms with E-state index >= 15 is 0 Å². The summed E-state index contributed by atoms with van der Waals surface area (Å²) < 4.78 is 22.0. The Morgan fingerprint density at radius 1 is 1.18 bits per heavy atom. The first-order chi connectivity index (χ1) is 5.00. The summed E-state index contributed by atoms with van der Waals surface area (Å²) in [5.41, 5.74) is 0. The second-order valence-electron chi connectivity index (χ2n) is 3.26. The van der Waals surface area contributed by atoms with E-state index in [4.69, 9.17) is 5.11 Å². The lowest BCUT2D eigenvalue weighted by Gasteiger charge is -2.23. The molecule has 0 saturated heterocycles. The van der Waals surface area contributed by atoms with Crippen LogP contribution in [0.4, 0.5) is 0 Å². The Bertz CT molecular complexity index is 212. The van der Waals surface area contributed by atoms with Crippen molar-refractivity contribution in [1.82, 2.24) is 0 Å². The van der Waals surface area contributed by atoms with Crippen LogP contribution < -0.4 is 0 Å². The van der Waals surface area contributed by atoms with E-state index in [-0.39, 0.29) is 11.4 Å². The summed E-state index contributed by atoms with van der Waals surface area (Å²) in [5.74, 6) is 0. The standard InChI is InChI=1S/C7H14O3S/c1-11(9,10)7-4-2-6(8)3-5-7/h6-8H,2-5H2,1H3. The maximum Gasteiger partial charge on any atom is 0.150 e. The van der Waals surface area contributed by atoms with Gasteiger partial charge in [-0.1, -0.05) is 0 Å². The minimum atomic E-state index is -2.86. The van der Waals surface area contributed by atoms with Crippen molar-refractivity contribution in [3.05, 3.63) is 0 Å². The number of hydrogen-bond acceptors (Lipinski definition) is 3. The van der Waals surface area contributed by atoms with Gasteiger partial charge in [0.15, 0.2) is 0 Å². The fraction of sp³-hybridized carbons (Fsp3) is 1.00. The van der Waals surface area contributed by atoms with Crippen LogP contribution in [0.25, 0.3) is 0 Å². The zero-order valence-electron chi connectivity index (χ0n) is 6.66. The monoisotopic (exact) mass is 178 g/mol. The molecule has 0 aromatic rings. The van der Waals surface area contributed by atoms with Gasteiger partial charge in [-0.3, -0.25) is 0 Å². The van der Waals surface area contributed by atoms with E-state index in [2.05, 4.69) is 0 Å². The van der Waals surface area contributed by atoms with Crippen LogP contribution in [-0.2, 0) is 9.84 Å². The van der Waals surface area contributed by atoms with Gasteiger partial charge in [0.25, 0.3) is 0 Å². The van der Waals surface area contributed by atoms with Crippen molar-refractivity contribution in [3.8, 4) is 0 Å². The Balaban J connectivity index is 2.53. The Labute approximate surface area is 67.3 Å². The van der Waals surface area contributed by atoms with Crippen LogP contribution in [0.1, 0.15) is 25.7 Å². The van der Waals surface area contributed by atoms with E-state index in [1.54, 1.807) is 0 Å². The molecule has 0 unspecified atom stereocenters. The second-order valence-corrected chi connectivity index (χ2v) is 5.59. The molecule has 0 heterocycles. The van der Waals surface area contributed by atoms with Crippen LogP contribution in [0.3, 0.4) is 0 Å². The molecule has 1 aliphatic carbocycles. The number of aliphatic hydroxyl groups excluding tert-OH is 1. The third-order valence-corrected chi connectivity index (χ3v) is 3.93. The van der Waals surface area contributed by atoms with Crippen molar-refractivity contribution in [2.24, 2.45) is 0 Å². The zero-order chi connectivity index (χ0) is 8.48. The Hall–Kier alpha value is -0.0900. The highest BCUT2D eigenvalue weighted by atomic mass is 32.2. The SMILES string of the molecule is CS(=O)(=O)C1CCC(O)CC1. The molecule has 1 saturated carbocycles. The molecule has 3 nitrogen and oxygen atoms in total. The minimum Gasteiger partial charge on any atom is -0.393 e. The topological polar surface area (TPSA) is 54.4 Å². The van der Waals surface area contributed by atoms with E-state index in [9.17, 15) is 8.42 Å². The normalized spacial score (nSPS) is 33.6. The van der Waals surface area contributed by atoms with Gasteiger partial charge in [0, 0.05) is 6.26 Å². The first kappa shape index (κ1) is 9.00. The summed E-state index contributed by atoms with van der Waals surface area (Å²) in [6.07, 6.45) is 3.53. The highest BCUT2D eigenvalue weighted by molar-refractivity contribution is 7.91. The molecule has 1 fully saturated rings. The Kier molecular flexibility index (Phi) is 2.54. The first-order valence-electron chi connectivity index (χ1n) is 3.87. The zero-order valence-corrected chi connectivity index (χ0v) is 7.47. The molecule has 1 aliphatic rings. The quantitative estimate of drug-likeness (QED) is 0.629. The smallest absolute Gasteiger partial charge is 0.150 e. The third-order valence-electron chi connectivity index (χ3n) is 2.25. The van der Waals surface area contributed by atoms with Gasteiger partial charge >= 0.3 is 0 Å². The van der Waals surface area contributed by atoms with Crippen LogP contribution >= 0.6 is 0 Å². The fourth-order valence-corrected chi connectivity index (χ4v) is 2.60. The second kappa shape index (κ2) is 3.11. The molecule has 1 rings (SSSR count). The predicted octanol–water partition coefficient (Wildman–Crippen LogP) is 0.334. The maximum atomic E-state index is 11.0. The van der Waals surface area contributed by atoms with Crippen molar-refractivity contribution in [1.29, 1.82) is 0 Å². The van der Waals surface area contributed by atoms with Crippen molar-refractivity contribution >= 4 is 9.84 Å². The van der Waals surface area contributed by atoms with Gasteiger partial charge in [0.05, 0.1) is 11.4 Å². The van der Waals surface area contributed by atoms with Crippen molar-refractivity contribution in [2.45, 2.75) is 37.0 Å². The average molecular weight is 178 g/mol. The third kappa shape index (κ3) is 2.45. The summed E-state index contributed by atoms with van der Waals surface area (Å²) in [6.45, 7) is 0. The molecule has 11 heavy (non-hydrogen) atoms. The molecular weight excluding hydrogens is 164 g/mol. The van der Waals surface area contributed by atoms with Gasteiger partial charge < -0.3 is 5.11 Å². The minimum absolute atomic E-state index is 0.203. The molecule has 0 atom stereocenters. The van der Waals surface area contributed by atoms with Crippen LogP contribution in [0.15, 0.2) is 0 Å². The molecule has 0 bridgehead atoms. The van der Waals surface area contributed by atoms with E-state index < -0.39 is 9.84 Å². The van der Waals surface area contributed by atoms with Gasteiger partial charge in [0.2, 0.25) is 0 Å². The molecule has 0 aliphatic heterocycles. The van der Waals surface area contributed by atoms with Gasteiger partial charge in [-0.2, -0.15) is 0 Å². The highest BCUT2D eigenvalue weighted by Crippen LogP contribution is 2.23. The van der Waals surface area contributed by atoms with Crippen LogP contribution in [0.5, 0.6) is 0 Å². The van der Waals surface area contributed by atoms with Gasteiger partial charge in [-0.15, -0.1) is 0 Å². The lowest BCUT2D eigenvalue weighted by atomic mass is 9.97. The fourth-order valence-electron chi connectivity index (χ4n) is 1.47. The van der Waals surface area contributed by atoms with Gasteiger partial charge in [-0.05, 0) is 25.7 Å². The first-order valence-corrected chi connectivity index (χ1v) is 5.82. The van der Waals surface area contributed by atoms with E-state index in [0.717, 1.165) is 0 Å². The highest BCUT2D eigenvalue weighted by Gasteiger charge is 2.26. The summed E-state index contributed by atoms with van der Waals surface area (Å²) in [7, 11) is -2.86. The van der Waals surface area contributed by atoms with Crippen LogP contribution in [0, 0.1) is 0 Å². The molecule has 0 amide bonds. The van der Waals surface area contributed by atoms with Gasteiger partial charge in [-0.25, -0.2) is 8.42 Å². The molecule has 0 aromatic heterocycles. The van der Waals surface area contributed by atoms with Gasteiger partial charge in [0.1, 0.15) is 9.84 Å². The molecule has 4 heteroatoms. The summed E-state index contributed by atoms with van der Waals surface area (Å²) in [4.78, 5) is 0. The molecule has 0 spiro atoms. The predicted molar refractivity (Wildman–Crippen MR) is 43.1 cm³/mol. The molecule has 1 N–H and O–H groups in total. The summed E-state index contributed by atoms with van der Waals surface area (Å²) >= 11 is 0. The largest absolute Gasteiger partial charge is 0.393 e. The Morgan fingerprint density at radius 3 is 2.00 bits per heavy atom. The van der Waals surface area contributed by atoms with E-state index in [1.807, 2.05) is 0 Å². The van der Waals surface area contributed by atoms with Crippen LogP contribution in [0.2, 0.25) is 0 Å². The van der Waals surface area contributed by atoms with Crippen molar-refractivity contribution in [2.75, 3.05) is 6.26 Å². The van der Waals surface area contributed by atoms with Crippen molar-refractivity contribution < 1.29 is 13.5 Å². The summed E-state index contributed by atoms with van der Waals surface area (Å²) in [5, 5.41) is 8.89. The molecule has 66 valence electrons. The summed E-state index contributed by atoms with van der Waals surface area (Å²) in [6, 6.07) is 0. The molecule has 0 aromatic carbocycles. The average Bonchev–Trinajstić information content (AvgIpc) is 1.86. The molecular formula is C7H14O3S. The number of sulfone groups is 1. The number of hydrogen-bond donors (Lipinski definition) is 1. The van der Waals surface area contributed by atoms with E-state index in [0.29, 0.717) is 25.7 Å². The maximum absolute atomic E-state index is 11.0. The lowest BCUT2D eigenvalue weighted by molar-refractivity contribution is 0.131. The van der Waals surface area contributed by atoms with E-state index in [1.165, 1.54) is 6.26 Å². The van der Waals surface area contributed by atoms with Crippen LogP contribution in [-0.4, -0.2) is 31.1 Å². The number of rotatable bonds is 1. The lowest BCUT2D eigenvalue weighted by Crippen LogP contribution is -2.28.